The number of nitrogens with zero attached hydrogens (tertiary/aromatic N) is 1. The smallest absolute Gasteiger partial charge is 0.250 e. The number of imide groups is 1. The van der Waals surface area contributed by atoms with Gasteiger partial charge < -0.3 is 11.1 Å². The molecule has 3 aliphatic heterocycles. The van der Waals surface area contributed by atoms with Gasteiger partial charge in [-0.25, -0.2) is 4.39 Å². The highest BCUT2D eigenvalue weighted by atomic mass is 19.1. The number of nitrogens with two attached hydrogens (primary N) is 1. The van der Waals surface area contributed by atoms with Crippen LogP contribution in [0, 0.1) is 24.6 Å². The first kappa shape index (κ1) is 20.3. The molecule has 2 aromatic carbocycles. The van der Waals surface area contributed by atoms with Crippen molar-refractivity contribution in [2.75, 3.05) is 5.32 Å². The Hall–Kier alpha value is -3.59. The summed E-state index contributed by atoms with van der Waals surface area (Å²) in [6.45, 7) is 1.79. The lowest BCUT2D eigenvalue weighted by atomic mass is 9.76. The minimum atomic E-state index is -1.48. The summed E-state index contributed by atoms with van der Waals surface area (Å²) in [7, 11) is 0. The molecular formula is C23H21FN4O4. The number of fused-ring (bicyclic) bond motifs is 4. The lowest BCUT2D eigenvalue weighted by molar-refractivity contribution is -0.143. The fourth-order valence-corrected chi connectivity index (χ4v) is 5.36. The molecule has 4 N–H and O–H groups in total. The third kappa shape index (κ3) is 2.70. The van der Waals surface area contributed by atoms with Crippen molar-refractivity contribution in [2.24, 2.45) is 17.6 Å². The van der Waals surface area contributed by atoms with Crippen molar-refractivity contribution in [3.63, 3.8) is 0 Å². The topological polar surface area (TPSA) is 122 Å². The molecule has 4 amide bonds. The summed E-state index contributed by atoms with van der Waals surface area (Å²) in [6.07, 6.45) is -0.194. The summed E-state index contributed by atoms with van der Waals surface area (Å²) in [4.78, 5) is 53.2. The van der Waals surface area contributed by atoms with Gasteiger partial charge in [0.05, 0.1) is 18.4 Å². The van der Waals surface area contributed by atoms with Crippen LogP contribution < -0.4 is 16.4 Å². The van der Waals surface area contributed by atoms with Gasteiger partial charge in [-0.3, -0.25) is 29.4 Å². The second-order valence-electron chi connectivity index (χ2n) is 8.57. The van der Waals surface area contributed by atoms with Gasteiger partial charge in [0, 0.05) is 23.7 Å². The van der Waals surface area contributed by atoms with Gasteiger partial charge in [-0.1, -0.05) is 30.3 Å². The maximum Gasteiger partial charge on any atom is 0.250 e. The van der Waals surface area contributed by atoms with Crippen LogP contribution in [0.4, 0.5) is 10.1 Å². The molecule has 3 heterocycles. The van der Waals surface area contributed by atoms with Crippen molar-refractivity contribution < 1.29 is 23.6 Å². The van der Waals surface area contributed by atoms with E-state index in [0.717, 1.165) is 10.5 Å². The van der Waals surface area contributed by atoms with E-state index in [4.69, 9.17) is 5.73 Å². The summed E-state index contributed by atoms with van der Waals surface area (Å²) in [5.74, 6) is -4.44. The molecule has 0 aromatic heterocycles. The predicted molar refractivity (Wildman–Crippen MR) is 111 cm³/mol. The quantitative estimate of drug-likeness (QED) is 0.616. The van der Waals surface area contributed by atoms with Crippen LogP contribution in [0.25, 0.3) is 0 Å². The van der Waals surface area contributed by atoms with Crippen LogP contribution in [-0.2, 0) is 31.3 Å². The Morgan fingerprint density at radius 1 is 1.12 bits per heavy atom. The molecular weight excluding hydrogens is 415 g/mol. The normalized spacial score (nSPS) is 28.2. The highest BCUT2D eigenvalue weighted by molar-refractivity contribution is 6.15. The van der Waals surface area contributed by atoms with Crippen LogP contribution in [0.3, 0.4) is 0 Å². The maximum absolute atomic E-state index is 13.6. The van der Waals surface area contributed by atoms with Crippen LogP contribution in [-0.4, -0.2) is 34.6 Å². The number of anilines is 1. The van der Waals surface area contributed by atoms with Crippen molar-refractivity contribution in [1.29, 1.82) is 0 Å². The van der Waals surface area contributed by atoms with E-state index in [2.05, 4.69) is 10.6 Å². The number of carbonyl (C=O) groups is 4. The van der Waals surface area contributed by atoms with Gasteiger partial charge in [0.2, 0.25) is 23.6 Å². The van der Waals surface area contributed by atoms with E-state index in [1.165, 1.54) is 24.3 Å². The monoisotopic (exact) mass is 436 g/mol. The number of benzene rings is 2. The number of likely N-dealkylation sites (tertiary alicyclic amines) is 1. The third-order valence-electron chi connectivity index (χ3n) is 6.72. The van der Waals surface area contributed by atoms with Crippen molar-refractivity contribution in [3.8, 4) is 0 Å². The Bertz CT molecular complexity index is 1180. The summed E-state index contributed by atoms with van der Waals surface area (Å²) in [5, 5.41) is 6.00. The van der Waals surface area contributed by atoms with Gasteiger partial charge in [0.15, 0.2) is 0 Å². The van der Waals surface area contributed by atoms with E-state index in [9.17, 15) is 23.6 Å². The molecule has 1 spiro atoms. The fraction of sp³-hybridized carbons (Fsp3) is 0.304. The number of rotatable bonds is 4. The molecule has 0 bridgehead atoms. The third-order valence-corrected chi connectivity index (χ3v) is 6.72. The van der Waals surface area contributed by atoms with Gasteiger partial charge in [-0.15, -0.1) is 0 Å². The van der Waals surface area contributed by atoms with E-state index in [1.807, 2.05) is 13.0 Å². The highest BCUT2D eigenvalue weighted by Gasteiger charge is 2.70. The molecule has 4 atom stereocenters. The summed E-state index contributed by atoms with van der Waals surface area (Å²) in [6, 6.07) is 10.1. The molecule has 164 valence electrons. The Morgan fingerprint density at radius 2 is 1.84 bits per heavy atom. The number of para-hydroxylation sites is 1. The van der Waals surface area contributed by atoms with Crippen molar-refractivity contribution >= 4 is 29.3 Å². The standard InChI is InChI=1S/C23H21FN4O4/c1-11-3-2-4-14-19(11)26-22(32)23(14)18-17(15(27-23)9-16(25)29)20(30)28(21(18)31)10-12-5-7-13(24)8-6-12/h2-8,15,17-18,27H,9-10H2,1H3,(H2,25,29)(H,26,32)/t15?,17-,18+,23?/m1/s1. The molecule has 8 nitrogen and oxygen atoms in total. The number of aryl methyl sites for hydroxylation is 1. The second-order valence-corrected chi connectivity index (χ2v) is 8.57. The summed E-state index contributed by atoms with van der Waals surface area (Å²) in [5.41, 5.74) is 6.52. The molecule has 32 heavy (non-hydrogen) atoms. The minimum absolute atomic E-state index is 0.0490. The zero-order valence-electron chi connectivity index (χ0n) is 17.2. The average molecular weight is 436 g/mol. The number of halogens is 1. The van der Waals surface area contributed by atoms with Gasteiger partial charge in [0.1, 0.15) is 11.4 Å². The zero-order chi connectivity index (χ0) is 22.8. The lowest BCUT2D eigenvalue weighted by Gasteiger charge is -2.29. The van der Waals surface area contributed by atoms with E-state index in [-0.39, 0.29) is 13.0 Å². The second kappa shape index (κ2) is 6.96. The lowest BCUT2D eigenvalue weighted by Crippen LogP contribution is -2.53. The largest absolute Gasteiger partial charge is 0.370 e. The molecule has 2 aromatic rings. The zero-order valence-corrected chi connectivity index (χ0v) is 17.2. The van der Waals surface area contributed by atoms with E-state index in [0.29, 0.717) is 16.8 Å². The Labute approximate surface area is 182 Å². The number of amides is 4. The average Bonchev–Trinajstić information content (AvgIpc) is 3.31. The Balaban J connectivity index is 1.60. The SMILES string of the molecule is Cc1cccc2c1NC(=O)C21NC(CC(N)=O)[C@H]2C(=O)N(Cc3ccc(F)cc3)C(=O)[C@H]21. The van der Waals surface area contributed by atoms with Gasteiger partial charge in [-0.2, -0.15) is 0 Å². The molecule has 9 heteroatoms. The van der Waals surface area contributed by atoms with Crippen LogP contribution >= 0.6 is 0 Å². The van der Waals surface area contributed by atoms with Gasteiger partial charge in [-0.05, 0) is 30.2 Å². The van der Waals surface area contributed by atoms with Crippen LogP contribution in [0.1, 0.15) is 23.1 Å². The first-order chi connectivity index (χ1) is 15.2. The molecule has 0 saturated carbocycles. The van der Waals surface area contributed by atoms with Crippen LogP contribution in [0.15, 0.2) is 42.5 Å². The Kier molecular flexibility index (Phi) is 4.42. The highest BCUT2D eigenvalue weighted by Crippen LogP contribution is 2.54. The van der Waals surface area contributed by atoms with E-state index in [1.54, 1.807) is 12.1 Å². The molecule has 0 radical (unpaired) electrons. The summed E-state index contributed by atoms with van der Waals surface area (Å²) >= 11 is 0. The predicted octanol–water partition coefficient (Wildman–Crippen LogP) is 0.930. The van der Waals surface area contributed by atoms with E-state index >= 15 is 0 Å². The Morgan fingerprint density at radius 3 is 2.53 bits per heavy atom. The number of nitrogens with one attached hydrogen (secondary N) is 2. The minimum Gasteiger partial charge on any atom is -0.370 e. The van der Waals surface area contributed by atoms with Gasteiger partial charge >= 0.3 is 0 Å². The van der Waals surface area contributed by atoms with Crippen molar-refractivity contribution in [1.82, 2.24) is 10.2 Å². The molecule has 0 aliphatic carbocycles. The van der Waals surface area contributed by atoms with Crippen molar-refractivity contribution in [2.45, 2.75) is 31.5 Å². The number of carbonyl (C=O) groups excluding carboxylic acids is 4. The van der Waals surface area contributed by atoms with Crippen molar-refractivity contribution in [3.05, 3.63) is 65.0 Å². The van der Waals surface area contributed by atoms with Crippen LogP contribution in [0.2, 0.25) is 0 Å². The molecule has 5 rings (SSSR count). The van der Waals surface area contributed by atoms with Crippen LogP contribution in [0.5, 0.6) is 0 Å². The maximum atomic E-state index is 13.6. The fourth-order valence-electron chi connectivity index (χ4n) is 5.36. The van der Waals surface area contributed by atoms with E-state index < -0.39 is 52.9 Å². The molecule has 3 aliphatic rings. The summed E-state index contributed by atoms with van der Waals surface area (Å²) < 4.78 is 13.3. The molecule has 2 fully saturated rings. The number of primary amides is 1. The first-order valence-corrected chi connectivity index (χ1v) is 10.3. The molecule has 2 unspecified atom stereocenters. The van der Waals surface area contributed by atoms with Gasteiger partial charge in [0.25, 0.3) is 0 Å². The first-order valence-electron chi connectivity index (χ1n) is 10.3. The number of hydrogen-bond donors (Lipinski definition) is 3. The number of hydrogen-bond acceptors (Lipinski definition) is 5. The molecule has 2 saturated heterocycles.